The van der Waals surface area contributed by atoms with Gasteiger partial charge in [0.25, 0.3) is 0 Å². The number of carbonyl (C=O) groups is 1. The van der Waals surface area contributed by atoms with Crippen LogP contribution in [0.5, 0.6) is 0 Å². The van der Waals surface area contributed by atoms with Gasteiger partial charge in [-0.05, 0) is 79.6 Å². The standard InChI is InChI=1S/C24H25N3O/c1-15(2)4-5-17-6-7-18(12-16(17)3)22-14-25-24(27-22)20-8-10-21-19(13-20)9-11-23(28)26-21/h6-8,10,12-13H,1,4-5,9,11,14H2,2-3H3,(H,26,28). The maximum Gasteiger partial charge on any atom is 0.224 e. The third kappa shape index (κ3) is 3.81. The Hall–Kier alpha value is -3.01. The van der Waals surface area contributed by atoms with Crippen molar-refractivity contribution in [2.24, 2.45) is 9.98 Å². The van der Waals surface area contributed by atoms with Crippen molar-refractivity contribution in [1.82, 2.24) is 0 Å². The second-order valence-electron chi connectivity index (χ2n) is 7.72. The van der Waals surface area contributed by atoms with Crippen LogP contribution in [-0.2, 0) is 17.6 Å². The highest BCUT2D eigenvalue weighted by atomic mass is 16.1. The molecule has 28 heavy (non-hydrogen) atoms. The minimum Gasteiger partial charge on any atom is -0.326 e. The Morgan fingerprint density at radius 1 is 1.14 bits per heavy atom. The predicted molar refractivity (Wildman–Crippen MR) is 116 cm³/mol. The molecule has 2 heterocycles. The molecule has 2 aromatic carbocycles. The number of carbonyl (C=O) groups excluding carboxylic acids is 1. The van der Waals surface area contributed by atoms with E-state index in [4.69, 9.17) is 4.99 Å². The largest absolute Gasteiger partial charge is 0.326 e. The second kappa shape index (κ2) is 7.55. The van der Waals surface area contributed by atoms with Crippen LogP contribution in [0.4, 0.5) is 5.69 Å². The van der Waals surface area contributed by atoms with Gasteiger partial charge in [0.2, 0.25) is 5.91 Å². The SMILES string of the molecule is C=C(C)CCc1ccc(C2=NC(c3ccc4c(c3)CCC(=O)N4)=NC2)cc1C. The summed E-state index contributed by atoms with van der Waals surface area (Å²) in [6.45, 7) is 8.83. The fourth-order valence-electron chi connectivity index (χ4n) is 3.69. The number of nitrogens with one attached hydrogen (secondary N) is 1. The lowest BCUT2D eigenvalue weighted by Crippen LogP contribution is -2.19. The van der Waals surface area contributed by atoms with Crippen LogP contribution in [0.3, 0.4) is 0 Å². The lowest BCUT2D eigenvalue weighted by Gasteiger charge is -2.17. The summed E-state index contributed by atoms with van der Waals surface area (Å²) >= 11 is 0. The van der Waals surface area contributed by atoms with E-state index < -0.39 is 0 Å². The van der Waals surface area contributed by atoms with Gasteiger partial charge in [0.05, 0.1) is 12.3 Å². The number of allylic oxidation sites excluding steroid dienone is 1. The van der Waals surface area contributed by atoms with Gasteiger partial charge in [-0.2, -0.15) is 0 Å². The minimum atomic E-state index is 0.0841. The van der Waals surface area contributed by atoms with Crippen molar-refractivity contribution in [2.75, 3.05) is 11.9 Å². The molecule has 0 atom stereocenters. The van der Waals surface area contributed by atoms with Crippen LogP contribution >= 0.6 is 0 Å². The second-order valence-corrected chi connectivity index (χ2v) is 7.72. The quantitative estimate of drug-likeness (QED) is 0.765. The minimum absolute atomic E-state index is 0.0841. The molecule has 0 aliphatic carbocycles. The Labute approximate surface area is 166 Å². The van der Waals surface area contributed by atoms with E-state index in [9.17, 15) is 4.79 Å². The van der Waals surface area contributed by atoms with Gasteiger partial charge < -0.3 is 5.32 Å². The van der Waals surface area contributed by atoms with Gasteiger partial charge in [-0.15, -0.1) is 6.58 Å². The van der Waals surface area contributed by atoms with E-state index in [0.29, 0.717) is 13.0 Å². The monoisotopic (exact) mass is 371 g/mol. The summed E-state index contributed by atoms with van der Waals surface area (Å²) in [5, 5.41) is 2.92. The first-order valence-electron chi connectivity index (χ1n) is 9.79. The topological polar surface area (TPSA) is 53.8 Å². The van der Waals surface area contributed by atoms with Crippen molar-refractivity contribution >= 4 is 23.1 Å². The van der Waals surface area contributed by atoms with Gasteiger partial charge in [0, 0.05) is 17.7 Å². The molecule has 0 unspecified atom stereocenters. The average molecular weight is 371 g/mol. The number of aliphatic imine (C=N–C) groups is 2. The Morgan fingerprint density at radius 3 is 2.75 bits per heavy atom. The van der Waals surface area contributed by atoms with Crippen molar-refractivity contribution in [3.8, 4) is 0 Å². The third-order valence-electron chi connectivity index (χ3n) is 5.38. The fraction of sp³-hybridized carbons (Fsp3) is 0.292. The maximum absolute atomic E-state index is 11.5. The predicted octanol–water partition coefficient (Wildman–Crippen LogP) is 4.64. The zero-order valence-electron chi connectivity index (χ0n) is 16.5. The summed E-state index contributed by atoms with van der Waals surface area (Å²) in [5.41, 5.74) is 9.09. The van der Waals surface area contributed by atoms with E-state index in [1.807, 2.05) is 12.1 Å². The van der Waals surface area contributed by atoms with Crippen molar-refractivity contribution in [1.29, 1.82) is 0 Å². The van der Waals surface area contributed by atoms with E-state index in [2.05, 4.69) is 55.0 Å². The molecule has 4 nitrogen and oxygen atoms in total. The molecule has 142 valence electrons. The molecule has 0 fully saturated rings. The van der Waals surface area contributed by atoms with Gasteiger partial charge >= 0.3 is 0 Å². The molecular formula is C24H25N3O. The van der Waals surface area contributed by atoms with E-state index in [1.165, 1.54) is 16.7 Å². The average Bonchev–Trinajstić information content (AvgIpc) is 3.16. The number of rotatable bonds is 5. The number of nitrogens with zero attached hydrogens (tertiary/aromatic N) is 2. The van der Waals surface area contributed by atoms with Crippen LogP contribution in [0.25, 0.3) is 0 Å². The summed E-state index contributed by atoms with van der Waals surface area (Å²) in [6, 6.07) is 12.6. The van der Waals surface area contributed by atoms with Crippen molar-refractivity contribution in [3.63, 3.8) is 0 Å². The van der Waals surface area contributed by atoms with Gasteiger partial charge in [0.1, 0.15) is 0 Å². The van der Waals surface area contributed by atoms with Crippen LogP contribution in [0.2, 0.25) is 0 Å². The van der Waals surface area contributed by atoms with Crippen LogP contribution in [0.15, 0.2) is 58.5 Å². The Balaban J connectivity index is 1.53. The number of amidine groups is 1. The van der Waals surface area contributed by atoms with Crippen LogP contribution in [0.1, 0.15) is 47.6 Å². The first kappa shape index (κ1) is 18.4. The fourth-order valence-corrected chi connectivity index (χ4v) is 3.69. The van der Waals surface area contributed by atoms with E-state index in [-0.39, 0.29) is 5.91 Å². The number of anilines is 1. The number of aryl methyl sites for hydroxylation is 3. The highest BCUT2D eigenvalue weighted by Gasteiger charge is 2.18. The first-order valence-corrected chi connectivity index (χ1v) is 9.79. The number of hydrogen-bond donors (Lipinski definition) is 1. The van der Waals surface area contributed by atoms with Gasteiger partial charge in [-0.3, -0.25) is 9.79 Å². The molecule has 1 N–H and O–H groups in total. The van der Waals surface area contributed by atoms with Crippen LogP contribution in [0, 0.1) is 6.92 Å². The molecule has 0 spiro atoms. The molecule has 1 amide bonds. The smallest absolute Gasteiger partial charge is 0.224 e. The Bertz CT molecular complexity index is 1030. The summed E-state index contributed by atoms with van der Waals surface area (Å²) in [5.74, 6) is 0.861. The first-order chi connectivity index (χ1) is 13.5. The molecule has 2 aliphatic rings. The summed E-state index contributed by atoms with van der Waals surface area (Å²) < 4.78 is 0. The molecular weight excluding hydrogens is 346 g/mol. The highest BCUT2D eigenvalue weighted by Crippen LogP contribution is 2.25. The van der Waals surface area contributed by atoms with Crippen molar-refractivity contribution in [3.05, 3.63) is 76.4 Å². The molecule has 0 saturated heterocycles. The lowest BCUT2D eigenvalue weighted by atomic mass is 9.98. The van der Waals surface area contributed by atoms with Crippen LogP contribution in [-0.4, -0.2) is 24.0 Å². The van der Waals surface area contributed by atoms with E-state index in [0.717, 1.165) is 53.2 Å². The Kier molecular flexibility index (Phi) is 4.95. The number of amides is 1. The molecule has 0 aromatic heterocycles. The molecule has 4 heteroatoms. The number of hydrogen-bond acceptors (Lipinski definition) is 3. The third-order valence-corrected chi connectivity index (χ3v) is 5.38. The van der Waals surface area contributed by atoms with Gasteiger partial charge in [0.15, 0.2) is 5.84 Å². The number of fused-ring (bicyclic) bond motifs is 1. The van der Waals surface area contributed by atoms with Crippen molar-refractivity contribution < 1.29 is 4.79 Å². The summed E-state index contributed by atoms with van der Waals surface area (Å²) in [6.07, 6.45) is 3.35. The molecule has 0 radical (unpaired) electrons. The van der Waals surface area contributed by atoms with Crippen LogP contribution < -0.4 is 5.32 Å². The highest BCUT2D eigenvalue weighted by molar-refractivity contribution is 6.17. The molecule has 0 bridgehead atoms. The maximum atomic E-state index is 11.5. The molecule has 2 aliphatic heterocycles. The van der Waals surface area contributed by atoms with E-state index in [1.54, 1.807) is 0 Å². The van der Waals surface area contributed by atoms with Crippen molar-refractivity contribution in [2.45, 2.75) is 39.5 Å². The zero-order valence-corrected chi connectivity index (χ0v) is 16.5. The summed E-state index contributed by atoms with van der Waals surface area (Å²) in [7, 11) is 0. The zero-order chi connectivity index (χ0) is 19.7. The number of benzene rings is 2. The Morgan fingerprint density at radius 2 is 1.96 bits per heavy atom. The summed E-state index contributed by atoms with van der Waals surface area (Å²) in [4.78, 5) is 21.0. The lowest BCUT2D eigenvalue weighted by molar-refractivity contribution is -0.116. The molecule has 4 rings (SSSR count). The van der Waals surface area contributed by atoms with Gasteiger partial charge in [-0.25, -0.2) is 4.99 Å². The normalized spacial score (nSPS) is 15.6. The molecule has 2 aromatic rings. The molecule has 0 saturated carbocycles. The van der Waals surface area contributed by atoms with E-state index >= 15 is 0 Å². The van der Waals surface area contributed by atoms with Gasteiger partial charge in [-0.1, -0.05) is 17.7 Å².